The number of nitrogens with zero attached hydrogens (tertiary/aromatic N) is 2. The summed E-state index contributed by atoms with van der Waals surface area (Å²) in [7, 11) is -1.54. The van der Waals surface area contributed by atoms with Crippen molar-refractivity contribution in [2.75, 3.05) is 11.0 Å². The molecule has 0 atom stereocenters. The largest absolute Gasteiger partial charge is 0.273 e. The predicted molar refractivity (Wildman–Crippen MR) is 49.4 cm³/mol. The Hall–Kier alpha value is -0.560. The van der Waals surface area contributed by atoms with Crippen LogP contribution in [0.5, 0.6) is 0 Å². The van der Waals surface area contributed by atoms with Crippen LogP contribution in [-0.4, -0.2) is 24.5 Å². The maximum Gasteiger partial charge on any atom is 0.231 e. The minimum absolute atomic E-state index is 0.306. The molecule has 0 bridgehead atoms. The van der Waals surface area contributed by atoms with E-state index in [0.717, 1.165) is 6.26 Å². The zero-order chi connectivity index (χ0) is 9.35. The van der Waals surface area contributed by atoms with E-state index in [1.807, 2.05) is 0 Å². The summed E-state index contributed by atoms with van der Waals surface area (Å²) in [6.45, 7) is 0. The minimum Gasteiger partial charge on any atom is -0.273 e. The molecule has 68 valence electrons. The van der Waals surface area contributed by atoms with Crippen molar-refractivity contribution in [3.8, 4) is 0 Å². The van der Waals surface area contributed by atoms with Crippen molar-refractivity contribution in [2.24, 2.45) is 7.05 Å². The molecule has 0 aliphatic heterocycles. The Morgan fingerprint density at radius 1 is 1.67 bits per heavy atom. The van der Waals surface area contributed by atoms with Gasteiger partial charge in [0.05, 0.1) is 10.7 Å². The average Bonchev–Trinajstić information content (AvgIpc) is 2.06. The van der Waals surface area contributed by atoms with Crippen LogP contribution in [0.4, 0.5) is 5.82 Å². The van der Waals surface area contributed by atoms with Crippen molar-refractivity contribution in [1.29, 1.82) is 0 Å². The van der Waals surface area contributed by atoms with Crippen LogP contribution < -0.4 is 4.72 Å². The second-order valence-electron chi connectivity index (χ2n) is 2.37. The van der Waals surface area contributed by atoms with Gasteiger partial charge in [0, 0.05) is 13.2 Å². The summed E-state index contributed by atoms with van der Waals surface area (Å²) < 4.78 is 26.0. The summed E-state index contributed by atoms with van der Waals surface area (Å²) in [6.07, 6.45) is 2.74. The quantitative estimate of drug-likeness (QED) is 0.838. The normalized spacial score (nSPS) is 11.6. The standard InChI is InChI=1S/C5H8BrN3O2S/c1-9-3-4(6)5(7-9)8-12(2,10)11/h3H,1-2H3,(H,7,8). The highest BCUT2D eigenvalue weighted by atomic mass is 79.9. The SMILES string of the molecule is Cn1cc(Br)c(NS(C)(=O)=O)n1. The Morgan fingerprint density at radius 3 is 2.58 bits per heavy atom. The molecular weight excluding hydrogens is 246 g/mol. The molecule has 0 unspecified atom stereocenters. The van der Waals surface area contributed by atoms with Gasteiger partial charge in [-0.2, -0.15) is 5.10 Å². The van der Waals surface area contributed by atoms with Gasteiger partial charge in [-0.05, 0) is 15.9 Å². The molecule has 7 heteroatoms. The zero-order valence-electron chi connectivity index (χ0n) is 6.57. The number of hydrogen-bond donors (Lipinski definition) is 1. The summed E-state index contributed by atoms with van der Waals surface area (Å²) in [5.74, 6) is 0.306. The Kier molecular flexibility index (Phi) is 2.43. The lowest BCUT2D eigenvalue weighted by atomic mass is 10.7. The number of anilines is 1. The van der Waals surface area contributed by atoms with Gasteiger partial charge in [-0.3, -0.25) is 9.40 Å². The molecule has 0 aliphatic rings. The summed E-state index contributed by atoms with van der Waals surface area (Å²) in [5, 5.41) is 3.88. The fraction of sp³-hybridized carbons (Fsp3) is 0.400. The van der Waals surface area contributed by atoms with E-state index >= 15 is 0 Å². The summed E-state index contributed by atoms with van der Waals surface area (Å²) in [5.41, 5.74) is 0. The Balaban J connectivity index is 2.97. The van der Waals surface area contributed by atoms with E-state index in [1.165, 1.54) is 4.68 Å². The summed E-state index contributed by atoms with van der Waals surface area (Å²) in [4.78, 5) is 0. The first kappa shape index (κ1) is 9.53. The first-order chi connectivity index (χ1) is 5.38. The summed E-state index contributed by atoms with van der Waals surface area (Å²) >= 11 is 3.16. The van der Waals surface area contributed by atoms with Gasteiger partial charge < -0.3 is 0 Å². The van der Waals surface area contributed by atoms with E-state index in [2.05, 4.69) is 25.8 Å². The van der Waals surface area contributed by atoms with Crippen LogP contribution >= 0.6 is 15.9 Å². The molecule has 1 aromatic heterocycles. The lowest BCUT2D eigenvalue weighted by molar-refractivity contribution is 0.606. The molecule has 0 aromatic carbocycles. The van der Waals surface area contributed by atoms with E-state index in [4.69, 9.17) is 0 Å². The maximum absolute atomic E-state index is 10.8. The van der Waals surface area contributed by atoms with Crippen LogP contribution in [0, 0.1) is 0 Å². The molecule has 12 heavy (non-hydrogen) atoms. The van der Waals surface area contributed by atoms with Crippen LogP contribution in [-0.2, 0) is 17.1 Å². The molecule has 0 spiro atoms. The first-order valence-electron chi connectivity index (χ1n) is 3.05. The van der Waals surface area contributed by atoms with E-state index in [9.17, 15) is 8.42 Å². The van der Waals surface area contributed by atoms with Gasteiger partial charge >= 0.3 is 0 Å². The van der Waals surface area contributed by atoms with Gasteiger partial charge in [-0.25, -0.2) is 8.42 Å². The molecule has 0 radical (unpaired) electrons. The second kappa shape index (κ2) is 3.06. The van der Waals surface area contributed by atoms with Crippen molar-refractivity contribution < 1.29 is 8.42 Å². The maximum atomic E-state index is 10.8. The van der Waals surface area contributed by atoms with Crippen molar-refractivity contribution in [3.63, 3.8) is 0 Å². The predicted octanol–water partition coefficient (Wildman–Crippen LogP) is 0.554. The minimum atomic E-state index is -3.24. The topological polar surface area (TPSA) is 64.0 Å². The average molecular weight is 254 g/mol. The smallest absolute Gasteiger partial charge is 0.231 e. The monoisotopic (exact) mass is 253 g/mol. The Morgan fingerprint density at radius 2 is 2.25 bits per heavy atom. The second-order valence-corrected chi connectivity index (χ2v) is 4.98. The molecule has 0 saturated heterocycles. The van der Waals surface area contributed by atoms with Crippen molar-refractivity contribution >= 4 is 31.8 Å². The van der Waals surface area contributed by atoms with Crippen LogP contribution in [0.2, 0.25) is 0 Å². The third kappa shape index (κ3) is 2.49. The van der Waals surface area contributed by atoms with Crippen LogP contribution in [0.3, 0.4) is 0 Å². The van der Waals surface area contributed by atoms with Crippen molar-refractivity contribution in [2.45, 2.75) is 0 Å². The van der Waals surface area contributed by atoms with Gasteiger partial charge in [0.15, 0.2) is 5.82 Å². The highest BCUT2D eigenvalue weighted by Crippen LogP contribution is 2.19. The van der Waals surface area contributed by atoms with Crippen molar-refractivity contribution in [1.82, 2.24) is 9.78 Å². The van der Waals surface area contributed by atoms with E-state index in [1.54, 1.807) is 13.2 Å². The molecular formula is C5H8BrN3O2S. The molecule has 0 amide bonds. The number of rotatable bonds is 2. The molecule has 0 saturated carbocycles. The molecule has 1 aromatic rings. The van der Waals surface area contributed by atoms with E-state index < -0.39 is 10.0 Å². The Labute approximate surface area is 78.9 Å². The molecule has 0 aliphatic carbocycles. The molecule has 0 fully saturated rings. The van der Waals surface area contributed by atoms with E-state index in [-0.39, 0.29) is 0 Å². The van der Waals surface area contributed by atoms with Crippen LogP contribution in [0.15, 0.2) is 10.7 Å². The first-order valence-corrected chi connectivity index (χ1v) is 5.74. The van der Waals surface area contributed by atoms with Gasteiger partial charge in [0.25, 0.3) is 0 Å². The zero-order valence-corrected chi connectivity index (χ0v) is 8.98. The number of nitrogens with one attached hydrogen (secondary N) is 1. The molecule has 5 nitrogen and oxygen atoms in total. The number of aryl methyl sites for hydroxylation is 1. The highest BCUT2D eigenvalue weighted by Gasteiger charge is 2.08. The lowest BCUT2D eigenvalue weighted by Gasteiger charge is -1.98. The van der Waals surface area contributed by atoms with Gasteiger partial charge in [0.1, 0.15) is 0 Å². The number of aromatic nitrogens is 2. The lowest BCUT2D eigenvalue weighted by Crippen LogP contribution is -2.10. The fourth-order valence-electron chi connectivity index (χ4n) is 0.704. The van der Waals surface area contributed by atoms with Crippen LogP contribution in [0.1, 0.15) is 0 Å². The van der Waals surface area contributed by atoms with E-state index in [0.29, 0.717) is 10.3 Å². The molecule has 1 rings (SSSR count). The van der Waals surface area contributed by atoms with Crippen molar-refractivity contribution in [3.05, 3.63) is 10.7 Å². The number of halogens is 1. The van der Waals surface area contributed by atoms with Gasteiger partial charge in [-0.1, -0.05) is 0 Å². The van der Waals surface area contributed by atoms with Gasteiger partial charge in [0.2, 0.25) is 10.0 Å². The summed E-state index contributed by atoms with van der Waals surface area (Å²) in [6, 6.07) is 0. The highest BCUT2D eigenvalue weighted by molar-refractivity contribution is 9.10. The molecule has 1 N–H and O–H groups in total. The number of sulfonamides is 1. The van der Waals surface area contributed by atoms with Gasteiger partial charge in [-0.15, -0.1) is 0 Å². The third-order valence-corrected chi connectivity index (χ3v) is 2.21. The third-order valence-electron chi connectivity index (χ3n) is 1.07. The van der Waals surface area contributed by atoms with Crippen LogP contribution in [0.25, 0.3) is 0 Å². The number of hydrogen-bond acceptors (Lipinski definition) is 3. The fourth-order valence-corrected chi connectivity index (χ4v) is 1.81. The molecule has 1 heterocycles. The Bertz CT molecular complexity index is 383.